The molecular weight excluding hydrogens is 477 g/mol. The fourth-order valence-corrected chi connectivity index (χ4v) is 6.02. The third-order valence-electron chi connectivity index (χ3n) is 7.24. The van der Waals surface area contributed by atoms with Gasteiger partial charge in [-0.15, -0.1) is 11.3 Å². The Labute approximate surface area is 205 Å². The van der Waals surface area contributed by atoms with Crippen molar-refractivity contribution >= 4 is 33.7 Å². The Morgan fingerprint density at radius 1 is 1.23 bits per heavy atom. The Kier molecular flexibility index (Phi) is 6.54. The first-order valence-corrected chi connectivity index (χ1v) is 12.7. The molecule has 0 unspecified atom stereocenters. The number of rotatable bonds is 7. The molecule has 2 N–H and O–H groups in total. The molecule has 1 aliphatic carbocycles. The molecule has 3 heterocycles. The molecule has 1 aromatic carbocycles. The van der Waals surface area contributed by atoms with Crippen LogP contribution in [-0.4, -0.2) is 51.4 Å². The molecule has 5 rings (SSSR count). The molecular formula is C25H27F3N4O2S. The van der Waals surface area contributed by atoms with Crippen molar-refractivity contribution in [3.05, 3.63) is 52.6 Å². The number of thiazole rings is 1. The van der Waals surface area contributed by atoms with E-state index in [9.17, 15) is 23.1 Å². The summed E-state index contributed by atoms with van der Waals surface area (Å²) in [5.74, 6) is 0.326. The molecule has 1 aliphatic heterocycles. The first-order valence-electron chi connectivity index (χ1n) is 11.8. The van der Waals surface area contributed by atoms with E-state index >= 15 is 0 Å². The summed E-state index contributed by atoms with van der Waals surface area (Å²) in [6.45, 7) is 1.79. The largest absolute Gasteiger partial charge is 0.416 e. The lowest BCUT2D eigenvalue weighted by molar-refractivity contribution is -0.137. The second-order valence-corrected chi connectivity index (χ2v) is 10.5. The number of alkyl halides is 3. The van der Waals surface area contributed by atoms with Crippen molar-refractivity contribution in [1.82, 2.24) is 14.9 Å². The van der Waals surface area contributed by atoms with Crippen molar-refractivity contribution in [3.63, 3.8) is 0 Å². The van der Waals surface area contributed by atoms with Gasteiger partial charge in [0, 0.05) is 49.0 Å². The maximum atomic E-state index is 13.1. The van der Waals surface area contributed by atoms with Gasteiger partial charge in [0.05, 0.1) is 28.0 Å². The second kappa shape index (κ2) is 9.48. The highest BCUT2D eigenvalue weighted by atomic mass is 32.1. The number of fused-ring (bicyclic) bond motifs is 1. The second-order valence-electron chi connectivity index (χ2n) is 9.63. The van der Waals surface area contributed by atoms with Gasteiger partial charge in [-0.25, -0.2) is 0 Å². The lowest BCUT2D eigenvalue weighted by Crippen LogP contribution is -2.54. The zero-order valence-corrected chi connectivity index (χ0v) is 19.9. The molecule has 3 aromatic rings. The van der Waals surface area contributed by atoms with Crippen LogP contribution in [0.15, 0.2) is 42.2 Å². The van der Waals surface area contributed by atoms with E-state index in [-0.39, 0.29) is 18.2 Å². The lowest BCUT2D eigenvalue weighted by atomic mass is 9.79. The van der Waals surface area contributed by atoms with Crippen LogP contribution >= 0.6 is 11.3 Å². The van der Waals surface area contributed by atoms with Gasteiger partial charge in [0.1, 0.15) is 5.60 Å². The minimum Gasteiger partial charge on any atom is -0.384 e. The number of hydrogen-bond donors (Lipinski definition) is 2. The van der Waals surface area contributed by atoms with E-state index in [1.807, 2.05) is 0 Å². The van der Waals surface area contributed by atoms with Crippen molar-refractivity contribution in [3.8, 4) is 0 Å². The normalized spacial score (nSPS) is 23.8. The van der Waals surface area contributed by atoms with Gasteiger partial charge in [-0.05, 0) is 55.9 Å². The molecule has 0 radical (unpaired) electrons. The molecule has 1 saturated heterocycles. The number of benzene rings is 1. The van der Waals surface area contributed by atoms with E-state index in [1.54, 1.807) is 17.8 Å². The van der Waals surface area contributed by atoms with Crippen molar-refractivity contribution in [2.45, 2.75) is 49.9 Å². The zero-order valence-electron chi connectivity index (χ0n) is 19.1. The third-order valence-corrected chi connectivity index (χ3v) is 8.20. The van der Waals surface area contributed by atoms with Gasteiger partial charge in [0.2, 0.25) is 0 Å². The van der Waals surface area contributed by atoms with Crippen molar-refractivity contribution < 1.29 is 23.1 Å². The molecule has 0 spiro atoms. The molecule has 0 atom stereocenters. The molecule has 35 heavy (non-hydrogen) atoms. The molecule has 2 fully saturated rings. The van der Waals surface area contributed by atoms with Crippen LogP contribution in [0.1, 0.15) is 42.5 Å². The van der Waals surface area contributed by atoms with Crippen LogP contribution in [0.25, 0.3) is 10.9 Å². The zero-order chi connectivity index (χ0) is 24.6. The number of halogens is 3. The summed E-state index contributed by atoms with van der Waals surface area (Å²) in [7, 11) is 0. The minimum atomic E-state index is -4.44. The number of aromatic nitrogens is 2. The maximum Gasteiger partial charge on any atom is 0.416 e. The van der Waals surface area contributed by atoms with E-state index in [0.29, 0.717) is 29.1 Å². The van der Waals surface area contributed by atoms with E-state index in [1.165, 1.54) is 23.6 Å². The molecule has 10 heteroatoms. The predicted octanol–water partition coefficient (Wildman–Crippen LogP) is 4.84. The Morgan fingerprint density at radius 2 is 2.00 bits per heavy atom. The van der Waals surface area contributed by atoms with Gasteiger partial charge in [-0.2, -0.15) is 13.2 Å². The number of aliphatic hydroxyl groups is 1. The van der Waals surface area contributed by atoms with Gasteiger partial charge < -0.3 is 10.4 Å². The number of carbonyl (C=O) groups excluding carboxylic acids is 1. The summed E-state index contributed by atoms with van der Waals surface area (Å²) in [5.41, 5.74) is 1.17. The van der Waals surface area contributed by atoms with Crippen LogP contribution in [-0.2, 0) is 16.6 Å². The van der Waals surface area contributed by atoms with Gasteiger partial charge in [-0.1, -0.05) is 0 Å². The minimum absolute atomic E-state index is 0.0369. The van der Waals surface area contributed by atoms with E-state index in [2.05, 4.69) is 20.2 Å². The molecule has 186 valence electrons. The Morgan fingerprint density at radius 3 is 2.69 bits per heavy atom. The van der Waals surface area contributed by atoms with Crippen LogP contribution in [0.2, 0.25) is 0 Å². The summed E-state index contributed by atoms with van der Waals surface area (Å²) in [6, 6.07) is 5.45. The summed E-state index contributed by atoms with van der Waals surface area (Å²) < 4.78 is 39.3. The summed E-state index contributed by atoms with van der Waals surface area (Å²) >= 11 is 1.50. The molecule has 6 nitrogen and oxygen atoms in total. The Bertz CT molecular complexity index is 1190. The highest BCUT2D eigenvalue weighted by Crippen LogP contribution is 2.41. The van der Waals surface area contributed by atoms with Crippen LogP contribution in [0.5, 0.6) is 0 Å². The number of ketones is 1. The maximum absolute atomic E-state index is 13.1. The van der Waals surface area contributed by atoms with E-state index < -0.39 is 17.3 Å². The standard InChI is InChI=1S/C25H27F3N4O2S/c26-25(27,28)17-1-2-21-20(10-17)22(5-8-30-21)31-11-19(33)9-16-13-32(14-16)18-3-6-24(34,7-4-18)23-12-29-15-35-23/h1-2,5,8,10,12,15-16,18,34H,3-4,6-7,9,11,13-14H2,(H,30,31). The van der Waals surface area contributed by atoms with Gasteiger partial charge in [-0.3, -0.25) is 19.7 Å². The first kappa shape index (κ1) is 24.1. The average molecular weight is 505 g/mol. The van der Waals surface area contributed by atoms with Gasteiger partial charge >= 0.3 is 6.18 Å². The third kappa shape index (κ3) is 5.19. The number of Topliss-reactive ketones (excluding diaryl/α,β-unsaturated/α-hetero) is 1. The summed E-state index contributed by atoms with van der Waals surface area (Å²) in [5, 5.41) is 14.3. The van der Waals surface area contributed by atoms with Crippen LogP contribution in [0.4, 0.5) is 18.9 Å². The van der Waals surface area contributed by atoms with Crippen LogP contribution in [0, 0.1) is 5.92 Å². The fraction of sp³-hybridized carbons (Fsp3) is 0.480. The molecule has 0 amide bonds. The smallest absolute Gasteiger partial charge is 0.384 e. The van der Waals surface area contributed by atoms with Crippen molar-refractivity contribution in [1.29, 1.82) is 0 Å². The number of nitrogens with one attached hydrogen (secondary N) is 1. The average Bonchev–Trinajstić information content (AvgIpc) is 3.36. The summed E-state index contributed by atoms with van der Waals surface area (Å²) in [6.07, 6.45) is 2.57. The number of carbonyl (C=O) groups is 1. The summed E-state index contributed by atoms with van der Waals surface area (Å²) in [4.78, 5) is 24.1. The fourth-order valence-electron chi connectivity index (χ4n) is 5.24. The van der Waals surface area contributed by atoms with Crippen molar-refractivity contribution in [2.75, 3.05) is 25.0 Å². The quantitative estimate of drug-likeness (QED) is 0.479. The first-order chi connectivity index (χ1) is 16.7. The SMILES string of the molecule is O=C(CNc1ccnc2ccc(C(F)(F)F)cc12)CC1CN(C2CCC(O)(c3cncs3)CC2)C1. The highest BCUT2D eigenvalue weighted by molar-refractivity contribution is 7.09. The molecule has 2 aliphatic rings. The molecule has 2 aromatic heterocycles. The van der Waals surface area contributed by atoms with E-state index in [0.717, 1.165) is 55.8 Å². The predicted molar refractivity (Wildman–Crippen MR) is 128 cm³/mol. The Hall–Kier alpha value is -2.56. The van der Waals surface area contributed by atoms with E-state index in [4.69, 9.17) is 0 Å². The van der Waals surface area contributed by atoms with Crippen LogP contribution < -0.4 is 5.32 Å². The van der Waals surface area contributed by atoms with Gasteiger partial charge in [0.25, 0.3) is 0 Å². The number of anilines is 1. The number of likely N-dealkylation sites (tertiary alicyclic amines) is 1. The number of hydrogen-bond acceptors (Lipinski definition) is 7. The Balaban J connectivity index is 1.10. The van der Waals surface area contributed by atoms with Crippen molar-refractivity contribution in [2.24, 2.45) is 5.92 Å². The highest BCUT2D eigenvalue weighted by Gasteiger charge is 2.41. The van der Waals surface area contributed by atoms with Crippen LogP contribution in [0.3, 0.4) is 0 Å². The number of nitrogens with zero attached hydrogens (tertiary/aromatic N) is 3. The molecule has 1 saturated carbocycles. The topological polar surface area (TPSA) is 78.4 Å². The molecule has 0 bridgehead atoms. The lowest BCUT2D eigenvalue weighted by Gasteiger charge is -2.48. The number of pyridine rings is 1. The van der Waals surface area contributed by atoms with Gasteiger partial charge in [0.15, 0.2) is 5.78 Å². The monoisotopic (exact) mass is 504 g/mol.